The maximum atomic E-state index is 14.0. The van der Waals surface area contributed by atoms with Crippen LogP contribution in [0, 0.1) is 11.7 Å². The molecule has 188 valence electrons. The molecule has 2 aromatic rings. The predicted octanol–water partition coefficient (Wildman–Crippen LogP) is 5.11. The van der Waals surface area contributed by atoms with E-state index in [0.29, 0.717) is 29.6 Å². The van der Waals surface area contributed by atoms with Crippen LogP contribution < -0.4 is 9.47 Å². The number of hydrogen-bond donors (Lipinski definition) is 0. The first-order valence-corrected chi connectivity index (χ1v) is 12.6. The Morgan fingerprint density at radius 2 is 1.71 bits per heavy atom. The zero-order valence-corrected chi connectivity index (χ0v) is 20.8. The number of ether oxygens (including phenoxy) is 2. The van der Waals surface area contributed by atoms with Gasteiger partial charge in [0.25, 0.3) is 5.91 Å². The zero-order chi connectivity index (χ0) is 24.9. The van der Waals surface area contributed by atoms with E-state index < -0.39 is 6.04 Å². The van der Waals surface area contributed by atoms with Crippen molar-refractivity contribution < 1.29 is 23.5 Å². The number of piperazine rings is 1. The number of benzene rings is 2. The number of nitrogens with zero attached hydrogens (tertiary/aromatic N) is 2. The average Bonchev–Trinajstić information content (AvgIpc) is 2.87. The van der Waals surface area contributed by atoms with Crippen molar-refractivity contribution in [2.75, 3.05) is 20.3 Å². The van der Waals surface area contributed by atoms with Gasteiger partial charge in [-0.15, -0.1) is 0 Å². The molecule has 0 N–H and O–H groups in total. The number of methoxy groups -OCH3 is 1. The van der Waals surface area contributed by atoms with E-state index in [1.807, 2.05) is 13.0 Å². The Morgan fingerprint density at radius 3 is 2.37 bits per heavy atom. The first-order chi connectivity index (χ1) is 16.9. The fourth-order valence-electron chi connectivity index (χ4n) is 5.09. The molecule has 7 heteroatoms. The van der Waals surface area contributed by atoms with E-state index in [0.717, 1.165) is 37.7 Å². The third kappa shape index (κ3) is 5.60. The van der Waals surface area contributed by atoms with E-state index >= 15 is 0 Å². The summed E-state index contributed by atoms with van der Waals surface area (Å²) < 4.78 is 24.8. The van der Waals surface area contributed by atoms with Crippen molar-refractivity contribution in [2.45, 2.75) is 64.6 Å². The van der Waals surface area contributed by atoms with Crippen LogP contribution >= 0.6 is 0 Å². The Labute approximate surface area is 207 Å². The summed E-state index contributed by atoms with van der Waals surface area (Å²) in [5, 5.41) is 0. The van der Waals surface area contributed by atoms with Gasteiger partial charge in [-0.25, -0.2) is 4.39 Å². The van der Waals surface area contributed by atoms with E-state index in [1.54, 1.807) is 41.2 Å². The van der Waals surface area contributed by atoms with Gasteiger partial charge >= 0.3 is 0 Å². The first-order valence-electron chi connectivity index (χ1n) is 12.6. The molecule has 0 bridgehead atoms. The summed E-state index contributed by atoms with van der Waals surface area (Å²) in [5.41, 5.74) is 1.45. The first kappa shape index (κ1) is 25.0. The summed E-state index contributed by atoms with van der Waals surface area (Å²) in [6, 6.07) is 10.8. The molecule has 0 spiro atoms. The lowest BCUT2D eigenvalue weighted by Gasteiger charge is -2.45. The molecule has 0 radical (unpaired) electrons. The predicted molar refractivity (Wildman–Crippen MR) is 132 cm³/mol. The molecule has 0 unspecified atom stereocenters. The van der Waals surface area contributed by atoms with Gasteiger partial charge in [-0.05, 0) is 73.4 Å². The number of halogens is 1. The molecule has 2 fully saturated rings. The van der Waals surface area contributed by atoms with Gasteiger partial charge in [0, 0.05) is 12.6 Å². The highest BCUT2D eigenvalue weighted by molar-refractivity contribution is 5.96. The number of carbonyl (C=O) groups is 2. The Morgan fingerprint density at radius 1 is 1.00 bits per heavy atom. The highest BCUT2D eigenvalue weighted by atomic mass is 19.1. The molecule has 2 aromatic carbocycles. The minimum atomic E-state index is -0.783. The van der Waals surface area contributed by atoms with E-state index in [2.05, 4.69) is 6.92 Å². The van der Waals surface area contributed by atoms with Crippen LogP contribution in [0.3, 0.4) is 0 Å². The number of rotatable bonds is 8. The van der Waals surface area contributed by atoms with Crippen LogP contribution in [0.5, 0.6) is 11.5 Å². The van der Waals surface area contributed by atoms with E-state index in [1.165, 1.54) is 12.1 Å². The topological polar surface area (TPSA) is 59.1 Å². The Kier molecular flexibility index (Phi) is 7.93. The fraction of sp³-hybridized carbons (Fsp3) is 0.500. The van der Waals surface area contributed by atoms with Crippen molar-refractivity contribution in [3.8, 4) is 11.5 Å². The van der Waals surface area contributed by atoms with Crippen molar-refractivity contribution in [1.82, 2.24) is 9.80 Å². The zero-order valence-electron chi connectivity index (χ0n) is 20.8. The number of hydrogen-bond acceptors (Lipinski definition) is 4. The minimum Gasteiger partial charge on any atom is -0.493 e. The van der Waals surface area contributed by atoms with Crippen LogP contribution in [0.15, 0.2) is 42.5 Å². The van der Waals surface area contributed by atoms with Gasteiger partial charge in [-0.2, -0.15) is 0 Å². The average molecular weight is 483 g/mol. The number of carbonyl (C=O) groups excluding carboxylic acids is 2. The SMILES string of the molecule is CCCOc1ccc([C@H]2C(=O)N(C3CCC(C)CC3)CC(=O)N2Cc2ccc(F)cc2)cc1OC. The molecular weight excluding hydrogens is 447 g/mol. The molecule has 2 amide bonds. The normalized spacial score (nSPS) is 22.9. The standard InChI is InChI=1S/C28H35FN2O4/c1-4-15-35-24-14-9-21(16-25(24)34-3)27-28(33)30(23-12-5-19(2)6-13-23)18-26(32)31(27)17-20-7-10-22(29)11-8-20/h7-11,14,16,19,23,27H,4-6,12-13,15,17-18H2,1-3H3/t19?,23?,27-/m0/s1. The molecule has 1 aliphatic carbocycles. The molecule has 1 saturated carbocycles. The summed E-state index contributed by atoms with van der Waals surface area (Å²) in [4.78, 5) is 30.8. The summed E-state index contributed by atoms with van der Waals surface area (Å²) in [7, 11) is 1.57. The molecule has 35 heavy (non-hydrogen) atoms. The van der Waals surface area contributed by atoms with Crippen molar-refractivity contribution in [2.24, 2.45) is 5.92 Å². The summed E-state index contributed by atoms with van der Waals surface area (Å²) >= 11 is 0. The minimum absolute atomic E-state index is 0.0736. The molecular formula is C28H35FN2O4. The monoisotopic (exact) mass is 482 g/mol. The second kappa shape index (κ2) is 11.1. The molecule has 2 aliphatic rings. The molecule has 4 rings (SSSR count). The number of amides is 2. The van der Waals surface area contributed by atoms with Crippen LogP contribution in [0.1, 0.15) is 63.1 Å². The van der Waals surface area contributed by atoms with Crippen molar-refractivity contribution >= 4 is 11.8 Å². The molecule has 1 saturated heterocycles. The molecule has 0 aromatic heterocycles. The highest BCUT2D eigenvalue weighted by Crippen LogP contribution is 2.37. The van der Waals surface area contributed by atoms with Crippen molar-refractivity contribution in [1.29, 1.82) is 0 Å². The molecule has 1 atom stereocenters. The van der Waals surface area contributed by atoms with Crippen LogP contribution in [0.25, 0.3) is 0 Å². The van der Waals surface area contributed by atoms with Gasteiger partial charge in [0.05, 0.1) is 13.7 Å². The second-order valence-electron chi connectivity index (χ2n) is 9.69. The third-order valence-electron chi connectivity index (χ3n) is 7.11. The van der Waals surface area contributed by atoms with Gasteiger partial charge in [0.15, 0.2) is 11.5 Å². The maximum Gasteiger partial charge on any atom is 0.250 e. The van der Waals surface area contributed by atoms with E-state index in [9.17, 15) is 14.0 Å². The highest BCUT2D eigenvalue weighted by Gasteiger charge is 2.43. The van der Waals surface area contributed by atoms with E-state index in [4.69, 9.17) is 9.47 Å². The Bertz CT molecular complexity index is 1030. The molecule has 1 heterocycles. The Hall–Kier alpha value is -3.09. The van der Waals surface area contributed by atoms with E-state index in [-0.39, 0.29) is 36.8 Å². The van der Waals surface area contributed by atoms with Gasteiger partial charge < -0.3 is 19.3 Å². The van der Waals surface area contributed by atoms with Crippen LogP contribution in [0.4, 0.5) is 4.39 Å². The van der Waals surface area contributed by atoms with Crippen molar-refractivity contribution in [3.63, 3.8) is 0 Å². The van der Waals surface area contributed by atoms with Crippen molar-refractivity contribution in [3.05, 3.63) is 59.4 Å². The summed E-state index contributed by atoms with van der Waals surface area (Å²) in [6.45, 7) is 5.12. The molecule has 1 aliphatic heterocycles. The van der Waals surface area contributed by atoms with Gasteiger partial charge in [0.1, 0.15) is 18.4 Å². The van der Waals surface area contributed by atoms with Gasteiger partial charge in [-0.3, -0.25) is 9.59 Å². The second-order valence-corrected chi connectivity index (χ2v) is 9.69. The van der Waals surface area contributed by atoms with Gasteiger partial charge in [-0.1, -0.05) is 32.0 Å². The lowest BCUT2D eigenvalue weighted by molar-refractivity contribution is -0.160. The smallest absolute Gasteiger partial charge is 0.250 e. The van der Waals surface area contributed by atoms with Gasteiger partial charge in [0.2, 0.25) is 5.91 Å². The third-order valence-corrected chi connectivity index (χ3v) is 7.11. The fourth-order valence-corrected chi connectivity index (χ4v) is 5.09. The Balaban J connectivity index is 1.68. The maximum absolute atomic E-state index is 14.0. The molecule has 6 nitrogen and oxygen atoms in total. The summed E-state index contributed by atoms with van der Waals surface area (Å²) in [6.07, 6.45) is 4.81. The quantitative estimate of drug-likeness (QED) is 0.524. The van der Waals surface area contributed by atoms with Crippen LogP contribution in [0.2, 0.25) is 0 Å². The lowest BCUT2D eigenvalue weighted by atomic mass is 9.85. The van der Waals surface area contributed by atoms with Crippen LogP contribution in [-0.2, 0) is 16.1 Å². The largest absolute Gasteiger partial charge is 0.493 e. The lowest BCUT2D eigenvalue weighted by Crippen LogP contribution is -2.58. The summed E-state index contributed by atoms with van der Waals surface area (Å²) in [5.74, 6) is 1.26. The van der Waals surface area contributed by atoms with Crippen LogP contribution in [-0.4, -0.2) is 47.9 Å².